The fourth-order valence-electron chi connectivity index (χ4n) is 8.68. The summed E-state index contributed by atoms with van der Waals surface area (Å²) in [4.78, 5) is 10.3. The van der Waals surface area contributed by atoms with Crippen molar-refractivity contribution in [3.8, 4) is 11.5 Å². The lowest BCUT2D eigenvalue weighted by Gasteiger charge is -2.39. The number of anilines is 6. The first-order valence-corrected chi connectivity index (χ1v) is 24.7. The Labute approximate surface area is 352 Å². The van der Waals surface area contributed by atoms with Crippen LogP contribution in [0.3, 0.4) is 0 Å². The molecule has 7 aromatic rings. The number of para-hydroxylation sites is 1. The van der Waals surface area contributed by atoms with Gasteiger partial charge in [-0.25, -0.2) is 4.98 Å². The van der Waals surface area contributed by atoms with Gasteiger partial charge in [0.05, 0.1) is 13.7 Å². The van der Waals surface area contributed by atoms with Gasteiger partial charge in [0, 0.05) is 40.7 Å². The van der Waals surface area contributed by atoms with Crippen LogP contribution in [-0.4, -0.2) is 24.2 Å². The van der Waals surface area contributed by atoms with Crippen LogP contribution >= 0.6 is 0 Å². The van der Waals surface area contributed by atoms with Gasteiger partial charge in [0.1, 0.15) is 23.0 Å². The number of imidazole rings is 1. The van der Waals surface area contributed by atoms with Crippen LogP contribution in [0.4, 0.5) is 34.3 Å². The minimum Gasteiger partial charge on any atom is -0.458 e. The zero-order valence-corrected chi connectivity index (χ0v) is 37.9. The quantitative estimate of drug-likeness (QED) is 0.163. The van der Waals surface area contributed by atoms with Crippen molar-refractivity contribution in [3.63, 3.8) is 0 Å². The fourth-order valence-corrected chi connectivity index (χ4v) is 9.78. The third-order valence-electron chi connectivity index (χ3n) is 12.3. The SMILES string of the molecule is CC(C)(C)c1ccc(N(c2ccc(C(C)(C)C)cc2)c2ccc3c(c2)Oc2cc(C(C)(C)C)cc4c2B3c2nc3ccc([Si](C)(C)C)cn3c2N4c2ccccc2)cc1. The predicted molar refractivity (Wildman–Crippen MR) is 255 cm³/mol. The summed E-state index contributed by atoms with van der Waals surface area (Å²) in [7, 11) is -1.65. The first kappa shape index (κ1) is 39.0. The molecular weight excluding hydrogens is 735 g/mol. The van der Waals surface area contributed by atoms with Crippen molar-refractivity contribution >= 4 is 76.4 Å². The van der Waals surface area contributed by atoms with Crippen molar-refractivity contribution in [2.75, 3.05) is 9.80 Å². The van der Waals surface area contributed by atoms with E-state index in [1.54, 1.807) is 0 Å². The lowest BCUT2D eigenvalue weighted by molar-refractivity contribution is 0.483. The zero-order chi connectivity index (χ0) is 41.8. The molecular formula is C52H57BN4OSi. The molecule has 0 aliphatic carbocycles. The minimum absolute atomic E-state index is 0.0542. The molecule has 0 saturated carbocycles. The standard InChI is InChI=1S/C52H57BN4OSi/c1-50(2,3)34-18-22-38(23-19-34)56(39-24-20-35(21-25-39)51(4,5)6)40-26-28-42-44(32-40)58-45-31-36(52(7,8)9)30-43-47(45)53(42)48-49(57(43)37-16-14-13-15-17-37)55-33-41(59(10,11)12)27-29-46(55)54-48/h13-33H,1-12H3. The molecule has 0 fully saturated rings. The highest BCUT2D eigenvalue weighted by atomic mass is 28.3. The topological polar surface area (TPSA) is 33.0 Å². The number of aromatic nitrogens is 2. The average molecular weight is 793 g/mol. The Morgan fingerprint density at radius 2 is 1.17 bits per heavy atom. The number of pyridine rings is 1. The second-order valence-corrected chi connectivity index (χ2v) is 25.8. The number of hydrogen-bond acceptors (Lipinski definition) is 4. The number of hydrogen-bond donors (Lipinski definition) is 0. The smallest absolute Gasteiger partial charge is 0.281 e. The predicted octanol–water partition coefficient (Wildman–Crippen LogP) is 11.6. The number of benzene rings is 5. The molecule has 0 spiro atoms. The first-order valence-electron chi connectivity index (χ1n) is 21.2. The summed E-state index contributed by atoms with van der Waals surface area (Å²) >= 11 is 0. The summed E-state index contributed by atoms with van der Waals surface area (Å²) in [6.07, 6.45) is 2.36. The summed E-state index contributed by atoms with van der Waals surface area (Å²) in [5, 5.41) is 1.40. The summed E-state index contributed by atoms with van der Waals surface area (Å²) in [6.45, 7) is 27.6. The van der Waals surface area contributed by atoms with E-state index in [1.165, 1.54) is 21.9 Å². The minimum atomic E-state index is -1.65. The number of nitrogens with zero attached hydrogens (tertiary/aromatic N) is 4. The van der Waals surface area contributed by atoms with E-state index < -0.39 is 8.07 Å². The number of fused-ring (bicyclic) bond motifs is 6. The van der Waals surface area contributed by atoms with Gasteiger partial charge in [0.2, 0.25) is 0 Å². The maximum absolute atomic E-state index is 7.21. The molecule has 9 rings (SSSR count). The zero-order valence-electron chi connectivity index (χ0n) is 36.9. The Hall–Kier alpha value is -5.53. The third-order valence-corrected chi connectivity index (χ3v) is 14.3. The molecule has 0 bridgehead atoms. The van der Waals surface area contributed by atoms with Gasteiger partial charge >= 0.3 is 0 Å². The molecule has 4 heterocycles. The van der Waals surface area contributed by atoms with Crippen LogP contribution in [0, 0.1) is 0 Å². The summed E-state index contributed by atoms with van der Waals surface area (Å²) < 4.78 is 9.56. The van der Waals surface area contributed by atoms with E-state index in [2.05, 4.69) is 224 Å². The lowest BCUT2D eigenvalue weighted by atomic mass is 9.36. The summed E-state index contributed by atoms with van der Waals surface area (Å²) in [6, 6.07) is 44.9. The molecule has 2 aliphatic heterocycles. The first-order chi connectivity index (χ1) is 27.8. The highest BCUT2D eigenvalue weighted by Gasteiger charge is 2.46. The van der Waals surface area contributed by atoms with E-state index in [4.69, 9.17) is 9.72 Å². The molecule has 0 saturated heterocycles. The van der Waals surface area contributed by atoms with Gasteiger partial charge in [0.25, 0.3) is 6.71 Å². The van der Waals surface area contributed by atoms with Gasteiger partial charge in [-0.05, 0) is 110 Å². The monoisotopic (exact) mass is 792 g/mol. The molecule has 2 aromatic heterocycles. The van der Waals surface area contributed by atoms with Crippen LogP contribution in [0.25, 0.3) is 5.65 Å². The van der Waals surface area contributed by atoms with Crippen molar-refractivity contribution in [2.45, 2.75) is 98.2 Å². The average Bonchev–Trinajstić information content (AvgIpc) is 3.56. The van der Waals surface area contributed by atoms with Gasteiger partial charge in [-0.15, -0.1) is 0 Å². The van der Waals surface area contributed by atoms with Crippen LogP contribution in [0.2, 0.25) is 19.6 Å². The molecule has 0 amide bonds. The Bertz CT molecular complexity index is 2670. The number of ether oxygens (including phenoxy) is 1. The molecule has 2 aliphatic rings. The Kier molecular flexibility index (Phi) is 8.92. The third kappa shape index (κ3) is 6.77. The van der Waals surface area contributed by atoms with E-state index in [1.807, 2.05) is 0 Å². The van der Waals surface area contributed by atoms with Crippen molar-refractivity contribution in [1.82, 2.24) is 9.38 Å². The van der Waals surface area contributed by atoms with Gasteiger partial charge < -0.3 is 9.64 Å². The molecule has 0 unspecified atom stereocenters. The van der Waals surface area contributed by atoms with Gasteiger partial charge in [0.15, 0.2) is 0 Å². The highest BCUT2D eigenvalue weighted by molar-refractivity contribution is 6.99. The summed E-state index contributed by atoms with van der Waals surface area (Å²) in [5.41, 5.74) is 13.6. The maximum atomic E-state index is 7.21. The van der Waals surface area contributed by atoms with Crippen molar-refractivity contribution in [1.29, 1.82) is 0 Å². The van der Waals surface area contributed by atoms with Gasteiger partial charge in [-0.1, -0.05) is 137 Å². The van der Waals surface area contributed by atoms with E-state index in [9.17, 15) is 0 Å². The van der Waals surface area contributed by atoms with Crippen LogP contribution < -0.4 is 36.2 Å². The van der Waals surface area contributed by atoms with Crippen LogP contribution in [0.5, 0.6) is 11.5 Å². The molecule has 5 aromatic carbocycles. The molecule has 0 atom stereocenters. The lowest BCUT2D eigenvalue weighted by Crippen LogP contribution is -2.60. The normalized spacial score (nSPS) is 13.8. The second kappa shape index (κ2) is 13.5. The van der Waals surface area contributed by atoms with Crippen molar-refractivity contribution in [2.24, 2.45) is 0 Å². The van der Waals surface area contributed by atoms with E-state index >= 15 is 0 Å². The molecule has 298 valence electrons. The molecule has 0 radical (unpaired) electrons. The Morgan fingerprint density at radius 3 is 1.73 bits per heavy atom. The molecule has 7 heteroatoms. The largest absolute Gasteiger partial charge is 0.458 e. The van der Waals surface area contributed by atoms with E-state index in [0.717, 1.165) is 67.9 Å². The van der Waals surface area contributed by atoms with Crippen LogP contribution in [0.15, 0.2) is 128 Å². The van der Waals surface area contributed by atoms with E-state index in [0.29, 0.717) is 0 Å². The van der Waals surface area contributed by atoms with E-state index in [-0.39, 0.29) is 23.0 Å². The molecule has 0 N–H and O–H groups in total. The van der Waals surface area contributed by atoms with Crippen molar-refractivity contribution in [3.05, 3.63) is 144 Å². The van der Waals surface area contributed by atoms with Crippen molar-refractivity contribution < 1.29 is 4.74 Å². The summed E-state index contributed by atoms with van der Waals surface area (Å²) in [5.74, 6) is 2.85. The second-order valence-electron chi connectivity index (χ2n) is 20.7. The van der Waals surface area contributed by atoms with Gasteiger partial charge in [-0.3, -0.25) is 9.30 Å². The Balaban J connectivity index is 1.28. The molecule has 59 heavy (non-hydrogen) atoms. The fraction of sp³-hybridized carbons (Fsp3) is 0.288. The maximum Gasteiger partial charge on any atom is 0.281 e. The van der Waals surface area contributed by atoms with Crippen LogP contribution in [0.1, 0.15) is 79.0 Å². The van der Waals surface area contributed by atoms with Gasteiger partial charge in [-0.2, -0.15) is 0 Å². The molecule has 5 nitrogen and oxygen atoms in total. The van der Waals surface area contributed by atoms with Crippen LogP contribution in [-0.2, 0) is 16.2 Å². The number of rotatable bonds is 5. The highest BCUT2D eigenvalue weighted by Crippen LogP contribution is 2.45. The Morgan fingerprint density at radius 1 is 0.593 bits per heavy atom.